The minimum Gasteiger partial charge on any atom is -0.344 e. The molecule has 1 aromatic rings. The predicted octanol–water partition coefficient (Wildman–Crippen LogP) is 1.35. The summed E-state index contributed by atoms with van der Waals surface area (Å²) >= 11 is 0. The third-order valence-corrected chi connectivity index (χ3v) is 3.85. The monoisotopic (exact) mass is 347 g/mol. The lowest BCUT2D eigenvalue weighted by atomic mass is 10.0. The number of carbonyl (C=O) groups is 3. The van der Waals surface area contributed by atoms with Crippen LogP contribution in [-0.4, -0.2) is 48.8 Å². The maximum atomic E-state index is 12.3. The van der Waals surface area contributed by atoms with Crippen molar-refractivity contribution in [2.45, 2.75) is 45.7 Å². The summed E-state index contributed by atoms with van der Waals surface area (Å²) in [6.45, 7) is 5.62. The van der Waals surface area contributed by atoms with Crippen molar-refractivity contribution in [1.29, 1.82) is 0 Å². The third kappa shape index (κ3) is 7.47. The first-order chi connectivity index (χ1) is 11.7. The van der Waals surface area contributed by atoms with E-state index in [2.05, 4.69) is 10.6 Å². The molecule has 0 heterocycles. The second kappa shape index (κ2) is 9.93. The van der Waals surface area contributed by atoms with Gasteiger partial charge < -0.3 is 5.32 Å². The standard InChI is InChI=1S/C19H29N3O3/c1-13(2)11-16(22(4)5)19(25)21-18(24)14(3)20-17(23)12-15-9-7-6-8-10-15/h6-10,13-14,16H,11-12H2,1-5H3,(H,20,23)(H,21,24,25)/t14-,16-/m0/s1. The molecule has 3 amide bonds. The van der Waals surface area contributed by atoms with Crippen LogP contribution in [0.15, 0.2) is 30.3 Å². The molecule has 2 atom stereocenters. The maximum absolute atomic E-state index is 12.3. The van der Waals surface area contributed by atoms with Crippen LogP contribution >= 0.6 is 0 Å². The summed E-state index contributed by atoms with van der Waals surface area (Å²) in [6.07, 6.45) is 0.848. The summed E-state index contributed by atoms with van der Waals surface area (Å²) in [5, 5.41) is 5.03. The number of carbonyl (C=O) groups excluding carboxylic acids is 3. The van der Waals surface area contributed by atoms with Crippen LogP contribution in [0, 0.1) is 5.92 Å². The Morgan fingerprint density at radius 3 is 2.12 bits per heavy atom. The van der Waals surface area contributed by atoms with E-state index in [1.54, 1.807) is 11.8 Å². The molecule has 0 radical (unpaired) electrons. The number of imide groups is 1. The van der Waals surface area contributed by atoms with Gasteiger partial charge in [0, 0.05) is 0 Å². The van der Waals surface area contributed by atoms with Crippen LogP contribution in [0.3, 0.4) is 0 Å². The highest BCUT2D eigenvalue weighted by Gasteiger charge is 2.25. The van der Waals surface area contributed by atoms with E-state index in [9.17, 15) is 14.4 Å². The van der Waals surface area contributed by atoms with Gasteiger partial charge in [-0.05, 0) is 38.9 Å². The van der Waals surface area contributed by atoms with Crippen molar-refractivity contribution in [2.24, 2.45) is 5.92 Å². The van der Waals surface area contributed by atoms with Crippen molar-refractivity contribution < 1.29 is 14.4 Å². The molecule has 1 rings (SSSR count). The third-order valence-electron chi connectivity index (χ3n) is 3.85. The minimum atomic E-state index is -0.776. The first-order valence-corrected chi connectivity index (χ1v) is 8.55. The molecule has 6 nitrogen and oxygen atoms in total. The highest BCUT2D eigenvalue weighted by Crippen LogP contribution is 2.09. The number of hydrogen-bond acceptors (Lipinski definition) is 4. The maximum Gasteiger partial charge on any atom is 0.248 e. The van der Waals surface area contributed by atoms with E-state index in [1.807, 2.05) is 58.3 Å². The van der Waals surface area contributed by atoms with Gasteiger partial charge in [0.2, 0.25) is 17.7 Å². The van der Waals surface area contributed by atoms with Crippen molar-refractivity contribution in [3.05, 3.63) is 35.9 Å². The largest absolute Gasteiger partial charge is 0.344 e. The summed E-state index contributed by atoms with van der Waals surface area (Å²) in [4.78, 5) is 38.3. The van der Waals surface area contributed by atoms with Gasteiger partial charge in [0.25, 0.3) is 0 Å². The van der Waals surface area contributed by atoms with E-state index in [1.165, 1.54) is 0 Å². The molecule has 0 saturated carbocycles. The highest BCUT2D eigenvalue weighted by atomic mass is 16.2. The van der Waals surface area contributed by atoms with Crippen LogP contribution in [0.5, 0.6) is 0 Å². The zero-order valence-electron chi connectivity index (χ0n) is 15.7. The Kier molecular flexibility index (Phi) is 8.28. The van der Waals surface area contributed by atoms with Gasteiger partial charge in [0.15, 0.2) is 0 Å². The zero-order valence-corrected chi connectivity index (χ0v) is 15.7. The topological polar surface area (TPSA) is 78.5 Å². The van der Waals surface area contributed by atoms with Crippen LogP contribution in [0.25, 0.3) is 0 Å². The molecule has 138 valence electrons. The van der Waals surface area contributed by atoms with Gasteiger partial charge in [0.05, 0.1) is 12.5 Å². The van der Waals surface area contributed by atoms with Crippen molar-refractivity contribution in [3.63, 3.8) is 0 Å². The number of rotatable bonds is 8. The molecule has 0 unspecified atom stereocenters. The molecule has 6 heteroatoms. The molecule has 0 aliphatic heterocycles. The molecule has 1 aromatic carbocycles. The Bertz CT molecular complexity index is 585. The smallest absolute Gasteiger partial charge is 0.248 e. The van der Waals surface area contributed by atoms with Gasteiger partial charge in [0.1, 0.15) is 6.04 Å². The summed E-state index contributed by atoms with van der Waals surface area (Å²) in [7, 11) is 3.62. The summed E-state index contributed by atoms with van der Waals surface area (Å²) in [5.74, 6) is -0.765. The number of nitrogens with one attached hydrogen (secondary N) is 2. The highest BCUT2D eigenvalue weighted by molar-refractivity contribution is 6.01. The number of amides is 3. The van der Waals surface area contributed by atoms with Crippen molar-refractivity contribution >= 4 is 17.7 Å². The van der Waals surface area contributed by atoms with Crippen molar-refractivity contribution in [1.82, 2.24) is 15.5 Å². The Hall–Kier alpha value is -2.21. The Labute approximate surface area is 150 Å². The van der Waals surface area contributed by atoms with Crippen molar-refractivity contribution in [2.75, 3.05) is 14.1 Å². The molecule has 25 heavy (non-hydrogen) atoms. The SMILES string of the molecule is CC(C)C[C@@H](C(=O)NC(=O)[C@H](C)NC(=O)Cc1ccccc1)N(C)C. The first kappa shape index (κ1) is 20.8. The van der Waals surface area contributed by atoms with E-state index in [0.29, 0.717) is 12.3 Å². The Morgan fingerprint density at radius 1 is 1.00 bits per heavy atom. The second-order valence-corrected chi connectivity index (χ2v) is 6.91. The van der Waals surface area contributed by atoms with Gasteiger partial charge in [-0.25, -0.2) is 0 Å². The Morgan fingerprint density at radius 2 is 1.60 bits per heavy atom. The van der Waals surface area contributed by atoms with E-state index >= 15 is 0 Å². The summed E-state index contributed by atoms with van der Waals surface area (Å²) in [6, 6.07) is 8.13. The fraction of sp³-hybridized carbons (Fsp3) is 0.526. The molecule has 0 aliphatic rings. The molecular formula is C19H29N3O3. The second-order valence-electron chi connectivity index (χ2n) is 6.91. The predicted molar refractivity (Wildman–Crippen MR) is 97.8 cm³/mol. The van der Waals surface area contributed by atoms with Gasteiger partial charge in [-0.15, -0.1) is 0 Å². The first-order valence-electron chi connectivity index (χ1n) is 8.55. The molecule has 0 spiro atoms. The minimum absolute atomic E-state index is 0.195. The lowest BCUT2D eigenvalue weighted by Crippen LogP contribution is -2.52. The molecule has 0 fully saturated rings. The Balaban J connectivity index is 2.54. The van der Waals surface area contributed by atoms with Crippen molar-refractivity contribution in [3.8, 4) is 0 Å². The van der Waals surface area contributed by atoms with E-state index in [-0.39, 0.29) is 24.3 Å². The average molecular weight is 347 g/mol. The van der Waals surface area contributed by atoms with Crippen LogP contribution in [-0.2, 0) is 20.8 Å². The lowest BCUT2D eigenvalue weighted by Gasteiger charge is -2.25. The fourth-order valence-corrected chi connectivity index (χ4v) is 2.45. The summed E-state index contributed by atoms with van der Waals surface area (Å²) in [5.41, 5.74) is 0.869. The van der Waals surface area contributed by atoms with Crippen LogP contribution in [0.1, 0.15) is 32.8 Å². The molecule has 0 aromatic heterocycles. The molecular weight excluding hydrogens is 318 g/mol. The fourth-order valence-electron chi connectivity index (χ4n) is 2.45. The number of nitrogens with zero attached hydrogens (tertiary/aromatic N) is 1. The van der Waals surface area contributed by atoms with Crippen LogP contribution in [0.4, 0.5) is 0 Å². The van der Waals surface area contributed by atoms with E-state index in [0.717, 1.165) is 5.56 Å². The lowest BCUT2D eigenvalue weighted by molar-refractivity contribution is -0.136. The van der Waals surface area contributed by atoms with Gasteiger partial charge in [-0.1, -0.05) is 44.2 Å². The van der Waals surface area contributed by atoms with Crippen LogP contribution in [0.2, 0.25) is 0 Å². The number of benzene rings is 1. The van der Waals surface area contributed by atoms with Gasteiger partial charge in [-0.2, -0.15) is 0 Å². The normalized spacial score (nSPS) is 13.4. The van der Waals surface area contributed by atoms with E-state index < -0.39 is 11.9 Å². The molecule has 0 aliphatic carbocycles. The zero-order chi connectivity index (χ0) is 19.0. The van der Waals surface area contributed by atoms with Crippen LogP contribution < -0.4 is 10.6 Å². The molecule has 0 saturated heterocycles. The number of likely N-dealkylation sites (N-methyl/N-ethyl adjacent to an activating group) is 1. The van der Waals surface area contributed by atoms with E-state index in [4.69, 9.17) is 0 Å². The van der Waals surface area contributed by atoms with Gasteiger partial charge >= 0.3 is 0 Å². The molecule has 0 bridgehead atoms. The van der Waals surface area contributed by atoms with Gasteiger partial charge in [-0.3, -0.25) is 24.6 Å². The quantitative estimate of drug-likeness (QED) is 0.744. The number of hydrogen-bond donors (Lipinski definition) is 2. The summed E-state index contributed by atoms with van der Waals surface area (Å²) < 4.78 is 0. The molecule has 2 N–H and O–H groups in total. The average Bonchev–Trinajstić information content (AvgIpc) is 2.52.